The van der Waals surface area contributed by atoms with Crippen molar-refractivity contribution in [2.45, 2.75) is 57.5 Å². The number of hydrogen-bond donors (Lipinski definition) is 2. The van der Waals surface area contributed by atoms with Crippen molar-refractivity contribution in [2.75, 3.05) is 12.8 Å². The lowest BCUT2D eigenvalue weighted by atomic mass is 9.55. The van der Waals surface area contributed by atoms with Gasteiger partial charge in [0.25, 0.3) is 0 Å². The minimum atomic E-state index is -0.0965. The van der Waals surface area contributed by atoms with Gasteiger partial charge in [0.15, 0.2) is 0 Å². The van der Waals surface area contributed by atoms with Crippen molar-refractivity contribution in [2.24, 2.45) is 17.3 Å². The zero-order valence-corrected chi connectivity index (χ0v) is 13.6. The fraction of sp³-hybridized carbons (Fsp3) is 0.684. The Labute approximate surface area is 132 Å². The number of ether oxygens (including phenoxy) is 1. The summed E-state index contributed by atoms with van der Waals surface area (Å²) >= 11 is 0. The summed E-state index contributed by atoms with van der Waals surface area (Å²) in [6, 6.07) is 4.32. The lowest BCUT2D eigenvalue weighted by molar-refractivity contribution is -0.0226. The average molecular weight is 301 g/mol. The SMILES string of the molecule is COc1cc2c(cc1N)CCC1C2CC[C@@]2(C)C1CC[C@@H]2O. The molecule has 3 N–H and O–H groups in total. The number of benzene rings is 1. The third-order valence-corrected chi connectivity index (χ3v) is 7.03. The van der Waals surface area contributed by atoms with E-state index < -0.39 is 0 Å². The highest BCUT2D eigenvalue weighted by molar-refractivity contribution is 5.58. The topological polar surface area (TPSA) is 55.5 Å². The molecule has 0 aliphatic heterocycles. The Morgan fingerprint density at radius 3 is 2.82 bits per heavy atom. The molecule has 0 heterocycles. The fourth-order valence-electron chi connectivity index (χ4n) is 5.77. The van der Waals surface area contributed by atoms with Crippen LogP contribution in [0.2, 0.25) is 0 Å². The summed E-state index contributed by atoms with van der Waals surface area (Å²) in [5, 5.41) is 10.5. The predicted octanol–water partition coefficient (Wildman–Crippen LogP) is 3.49. The van der Waals surface area contributed by atoms with Gasteiger partial charge in [0, 0.05) is 0 Å². The van der Waals surface area contributed by atoms with Gasteiger partial charge in [0.1, 0.15) is 5.75 Å². The van der Waals surface area contributed by atoms with Crippen molar-refractivity contribution in [3.8, 4) is 5.75 Å². The molecule has 120 valence electrons. The van der Waals surface area contributed by atoms with Crippen LogP contribution >= 0.6 is 0 Å². The maximum Gasteiger partial charge on any atom is 0.142 e. The second kappa shape index (κ2) is 4.89. The van der Waals surface area contributed by atoms with Gasteiger partial charge in [-0.15, -0.1) is 0 Å². The molecule has 3 aliphatic carbocycles. The number of aryl methyl sites for hydroxylation is 1. The van der Waals surface area contributed by atoms with Gasteiger partial charge in [-0.05, 0) is 85.0 Å². The molecule has 1 aromatic rings. The Kier molecular flexibility index (Phi) is 3.19. The number of nitrogens with two attached hydrogens (primary N) is 1. The molecule has 0 saturated heterocycles. The summed E-state index contributed by atoms with van der Waals surface area (Å²) in [5.41, 5.74) is 9.88. The van der Waals surface area contributed by atoms with Gasteiger partial charge in [-0.25, -0.2) is 0 Å². The van der Waals surface area contributed by atoms with Crippen LogP contribution < -0.4 is 10.5 Å². The summed E-state index contributed by atoms with van der Waals surface area (Å²) in [5.74, 6) is 2.84. The zero-order chi connectivity index (χ0) is 15.5. The van der Waals surface area contributed by atoms with E-state index in [1.54, 1.807) is 7.11 Å². The largest absolute Gasteiger partial charge is 0.495 e. The van der Waals surface area contributed by atoms with E-state index in [0.717, 1.165) is 36.6 Å². The van der Waals surface area contributed by atoms with Crippen LogP contribution in [-0.4, -0.2) is 18.3 Å². The maximum atomic E-state index is 10.5. The highest BCUT2D eigenvalue weighted by Crippen LogP contribution is 2.61. The Balaban J connectivity index is 1.72. The second-order valence-corrected chi connectivity index (χ2v) is 7.85. The summed E-state index contributed by atoms with van der Waals surface area (Å²) in [4.78, 5) is 0. The molecule has 3 aliphatic rings. The first-order valence-corrected chi connectivity index (χ1v) is 8.69. The summed E-state index contributed by atoms with van der Waals surface area (Å²) in [7, 11) is 1.70. The number of aliphatic hydroxyl groups excluding tert-OH is 1. The summed E-state index contributed by atoms with van der Waals surface area (Å²) in [6.45, 7) is 2.32. The van der Waals surface area contributed by atoms with Gasteiger partial charge in [-0.3, -0.25) is 0 Å². The minimum Gasteiger partial charge on any atom is -0.495 e. The molecule has 3 nitrogen and oxygen atoms in total. The molecule has 1 aromatic carbocycles. The first-order chi connectivity index (χ1) is 10.5. The maximum absolute atomic E-state index is 10.5. The minimum absolute atomic E-state index is 0.0965. The van der Waals surface area contributed by atoms with Crippen molar-refractivity contribution in [1.82, 2.24) is 0 Å². The highest BCUT2D eigenvalue weighted by Gasteiger charge is 2.54. The Hall–Kier alpha value is -1.22. The van der Waals surface area contributed by atoms with E-state index in [9.17, 15) is 5.11 Å². The number of methoxy groups -OCH3 is 1. The van der Waals surface area contributed by atoms with Crippen molar-refractivity contribution in [1.29, 1.82) is 0 Å². The third kappa shape index (κ3) is 1.84. The Morgan fingerprint density at radius 2 is 2.05 bits per heavy atom. The molecule has 0 spiro atoms. The van der Waals surface area contributed by atoms with Gasteiger partial charge in [-0.1, -0.05) is 6.92 Å². The summed E-state index contributed by atoms with van der Waals surface area (Å²) in [6.07, 6.45) is 6.79. The van der Waals surface area contributed by atoms with E-state index in [4.69, 9.17) is 10.5 Å². The van der Waals surface area contributed by atoms with E-state index in [0.29, 0.717) is 11.8 Å². The van der Waals surface area contributed by atoms with Crippen molar-refractivity contribution < 1.29 is 9.84 Å². The van der Waals surface area contributed by atoms with Crippen LogP contribution in [0, 0.1) is 17.3 Å². The third-order valence-electron chi connectivity index (χ3n) is 7.03. The van der Waals surface area contributed by atoms with Crippen LogP contribution in [0.3, 0.4) is 0 Å². The van der Waals surface area contributed by atoms with Crippen LogP contribution in [0.5, 0.6) is 5.75 Å². The van der Waals surface area contributed by atoms with Crippen molar-refractivity contribution >= 4 is 5.69 Å². The molecule has 0 aromatic heterocycles. The Morgan fingerprint density at radius 1 is 1.23 bits per heavy atom. The molecule has 0 bridgehead atoms. The fourth-order valence-corrected chi connectivity index (χ4v) is 5.77. The number of anilines is 1. The van der Waals surface area contributed by atoms with Crippen LogP contribution in [0.25, 0.3) is 0 Å². The molecule has 4 rings (SSSR count). The molecule has 5 atom stereocenters. The van der Waals surface area contributed by atoms with E-state index in [1.807, 2.05) is 0 Å². The predicted molar refractivity (Wildman–Crippen MR) is 88.0 cm³/mol. The highest BCUT2D eigenvalue weighted by atomic mass is 16.5. The average Bonchev–Trinajstić information content (AvgIpc) is 2.82. The molecule has 3 heteroatoms. The van der Waals surface area contributed by atoms with E-state index in [-0.39, 0.29) is 11.5 Å². The van der Waals surface area contributed by atoms with Crippen molar-refractivity contribution in [3.05, 3.63) is 23.3 Å². The number of aliphatic hydroxyl groups is 1. The molecule has 0 radical (unpaired) electrons. The van der Waals surface area contributed by atoms with Gasteiger partial charge in [0.2, 0.25) is 0 Å². The number of fused-ring (bicyclic) bond motifs is 5. The second-order valence-electron chi connectivity index (χ2n) is 7.85. The van der Waals surface area contributed by atoms with Gasteiger partial charge < -0.3 is 15.6 Å². The Bertz CT molecular complexity index is 599. The lowest BCUT2D eigenvalue weighted by Gasteiger charge is -2.50. The normalized spacial score (nSPS) is 39.8. The van der Waals surface area contributed by atoms with Gasteiger partial charge in [-0.2, -0.15) is 0 Å². The van der Waals surface area contributed by atoms with E-state index >= 15 is 0 Å². The monoisotopic (exact) mass is 301 g/mol. The molecule has 2 fully saturated rings. The molecule has 3 unspecified atom stereocenters. The first-order valence-electron chi connectivity index (χ1n) is 8.69. The molecule has 0 amide bonds. The quantitative estimate of drug-likeness (QED) is 0.781. The standard InChI is InChI=1S/C19H27NO2/c1-19-8-7-12-13(15(19)5-6-18(19)21)4-3-11-9-16(20)17(22-2)10-14(11)12/h9-10,12-13,15,18,21H,3-8,20H2,1-2H3/t12?,13?,15?,18-,19-/m0/s1. The first kappa shape index (κ1) is 14.4. The van der Waals surface area contributed by atoms with Gasteiger partial charge in [0.05, 0.1) is 18.9 Å². The van der Waals surface area contributed by atoms with Crippen LogP contribution in [0.1, 0.15) is 56.1 Å². The number of nitrogen functional groups attached to an aromatic ring is 1. The van der Waals surface area contributed by atoms with Crippen LogP contribution in [-0.2, 0) is 6.42 Å². The summed E-state index contributed by atoms with van der Waals surface area (Å²) < 4.78 is 5.45. The van der Waals surface area contributed by atoms with Crippen molar-refractivity contribution in [3.63, 3.8) is 0 Å². The molecular weight excluding hydrogens is 274 g/mol. The smallest absolute Gasteiger partial charge is 0.142 e. The van der Waals surface area contributed by atoms with Crippen LogP contribution in [0.4, 0.5) is 5.69 Å². The molecular formula is C19H27NO2. The molecule has 2 saturated carbocycles. The van der Waals surface area contributed by atoms with Gasteiger partial charge >= 0.3 is 0 Å². The number of rotatable bonds is 1. The van der Waals surface area contributed by atoms with Crippen LogP contribution in [0.15, 0.2) is 12.1 Å². The lowest BCUT2D eigenvalue weighted by Crippen LogP contribution is -2.43. The van der Waals surface area contributed by atoms with E-state index in [2.05, 4.69) is 19.1 Å². The molecule has 22 heavy (non-hydrogen) atoms. The van der Waals surface area contributed by atoms with E-state index in [1.165, 1.54) is 30.4 Å². The number of hydrogen-bond acceptors (Lipinski definition) is 3. The zero-order valence-electron chi connectivity index (χ0n) is 13.6.